The number of likely N-dealkylation sites (tertiary alicyclic amines) is 1. The molecule has 1 N–H and O–H groups in total. The number of carbonyl (C=O) groups excluding carboxylic acids is 1. The van der Waals surface area contributed by atoms with Crippen molar-refractivity contribution in [1.82, 2.24) is 10.2 Å². The van der Waals surface area contributed by atoms with Crippen LogP contribution in [0.2, 0.25) is 0 Å². The summed E-state index contributed by atoms with van der Waals surface area (Å²) in [6, 6.07) is -0.524. The van der Waals surface area contributed by atoms with Gasteiger partial charge in [-0.3, -0.25) is 4.79 Å². The lowest BCUT2D eigenvalue weighted by Gasteiger charge is -2.30. The highest BCUT2D eigenvalue weighted by atomic mass is 32.2. The van der Waals surface area contributed by atoms with Crippen molar-refractivity contribution in [2.45, 2.75) is 45.2 Å². The van der Waals surface area contributed by atoms with E-state index < -0.39 is 9.84 Å². The number of carbonyl (C=O) groups is 1. The molecular formula is C12H24N2O3S. The van der Waals surface area contributed by atoms with Crippen LogP contribution < -0.4 is 5.32 Å². The number of hydrogen-bond acceptors (Lipinski definition) is 4. The summed E-state index contributed by atoms with van der Waals surface area (Å²) in [6.45, 7) is 5.24. The molecule has 1 heterocycles. The van der Waals surface area contributed by atoms with E-state index in [0.717, 1.165) is 25.9 Å². The van der Waals surface area contributed by atoms with E-state index in [4.69, 9.17) is 0 Å². The molecule has 1 amide bonds. The molecule has 5 nitrogen and oxygen atoms in total. The highest BCUT2D eigenvalue weighted by Gasteiger charge is 2.23. The average molecular weight is 276 g/mol. The van der Waals surface area contributed by atoms with Gasteiger partial charge in [-0.05, 0) is 33.1 Å². The second-order valence-electron chi connectivity index (χ2n) is 5.27. The van der Waals surface area contributed by atoms with E-state index in [0.29, 0.717) is 0 Å². The number of amides is 1. The van der Waals surface area contributed by atoms with Crippen molar-refractivity contribution in [3.63, 3.8) is 0 Å². The van der Waals surface area contributed by atoms with E-state index in [9.17, 15) is 13.2 Å². The third kappa shape index (κ3) is 5.35. The predicted molar refractivity (Wildman–Crippen MR) is 72.2 cm³/mol. The number of nitrogens with zero attached hydrogens (tertiary/aromatic N) is 1. The average Bonchev–Trinajstić information content (AvgIpc) is 2.26. The Kier molecular flexibility index (Phi) is 5.59. The molecule has 1 rings (SSSR count). The molecule has 18 heavy (non-hydrogen) atoms. The molecular weight excluding hydrogens is 252 g/mol. The lowest BCUT2D eigenvalue weighted by Crippen LogP contribution is -2.50. The summed E-state index contributed by atoms with van der Waals surface area (Å²) in [5.74, 6) is 0.139. The predicted octanol–water partition coefficient (Wildman–Crippen LogP) is 0.410. The maximum atomic E-state index is 12.1. The standard InChI is InChI=1S/C12H24N2O3S/c1-10(9-18(3,16)17)13-11(2)12(15)14-7-5-4-6-8-14/h10-11,13H,4-9H2,1-3H3. The second kappa shape index (κ2) is 6.52. The number of sulfone groups is 1. The Morgan fingerprint density at radius 3 is 2.28 bits per heavy atom. The van der Waals surface area contributed by atoms with Gasteiger partial charge < -0.3 is 10.2 Å². The Bertz CT molecular complexity index is 375. The van der Waals surface area contributed by atoms with Gasteiger partial charge in [-0.2, -0.15) is 0 Å². The van der Waals surface area contributed by atoms with E-state index in [-0.39, 0.29) is 23.7 Å². The Labute approximate surface area is 110 Å². The summed E-state index contributed by atoms with van der Waals surface area (Å²) in [4.78, 5) is 14.0. The summed E-state index contributed by atoms with van der Waals surface area (Å²) < 4.78 is 22.3. The summed E-state index contributed by atoms with van der Waals surface area (Å²) in [7, 11) is -3.01. The van der Waals surface area contributed by atoms with Crippen LogP contribution in [0.4, 0.5) is 0 Å². The fourth-order valence-electron chi connectivity index (χ4n) is 2.39. The van der Waals surface area contributed by atoms with Crippen LogP contribution in [-0.4, -0.2) is 56.4 Å². The molecule has 0 saturated carbocycles. The lowest BCUT2D eigenvalue weighted by atomic mass is 10.1. The van der Waals surface area contributed by atoms with Crippen LogP contribution in [0, 0.1) is 0 Å². The summed E-state index contributed by atoms with van der Waals surface area (Å²) in [6.07, 6.45) is 4.53. The fourth-order valence-corrected chi connectivity index (χ4v) is 3.39. The van der Waals surface area contributed by atoms with Crippen LogP contribution in [0.25, 0.3) is 0 Å². The number of hydrogen-bond donors (Lipinski definition) is 1. The van der Waals surface area contributed by atoms with Gasteiger partial charge in [0, 0.05) is 25.4 Å². The van der Waals surface area contributed by atoms with Crippen molar-refractivity contribution in [1.29, 1.82) is 0 Å². The molecule has 0 aliphatic carbocycles. The number of nitrogens with one attached hydrogen (secondary N) is 1. The first-order valence-corrected chi connectivity index (χ1v) is 8.58. The molecule has 1 aliphatic rings. The van der Waals surface area contributed by atoms with Crippen LogP contribution in [-0.2, 0) is 14.6 Å². The van der Waals surface area contributed by atoms with Crippen molar-refractivity contribution in [3.05, 3.63) is 0 Å². The fraction of sp³-hybridized carbons (Fsp3) is 0.917. The van der Waals surface area contributed by atoms with Crippen molar-refractivity contribution in [2.24, 2.45) is 0 Å². The van der Waals surface area contributed by atoms with Gasteiger partial charge >= 0.3 is 0 Å². The van der Waals surface area contributed by atoms with Crippen molar-refractivity contribution < 1.29 is 13.2 Å². The van der Waals surface area contributed by atoms with E-state index in [1.807, 2.05) is 4.90 Å². The molecule has 0 aromatic rings. The first kappa shape index (κ1) is 15.4. The van der Waals surface area contributed by atoms with Gasteiger partial charge in [0.05, 0.1) is 11.8 Å². The maximum Gasteiger partial charge on any atom is 0.239 e. The first-order valence-electron chi connectivity index (χ1n) is 6.52. The van der Waals surface area contributed by atoms with Gasteiger partial charge in [-0.25, -0.2) is 8.42 Å². The molecule has 1 aliphatic heterocycles. The Hall–Kier alpha value is -0.620. The zero-order valence-corrected chi connectivity index (χ0v) is 12.3. The zero-order chi connectivity index (χ0) is 13.8. The highest BCUT2D eigenvalue weighted by molar-refractivity contribution is 7.90. The monoisotopic (exact) mass is 276 g/mol. The van der Waals surface area contributed by atoms with Crippen LogP contribution in [0.3, 0.4) is 0 Å². The van der Waals surface area contributed by atoms with Crippen LogP contribution in [0.5, 0.6) is 0 Å². The Balaban J connectivity index is 2.43. The topological polar surface area (TPSA) is 66.5 Å². The summed E-state index contributed by atoms with van der Waals surface area (Å²) >= 11 is 0. The normalized spacial score (nSPS) is 20.5. The van der Waals surface area contributed by atoms with Crippen LogP contribution >= 0.6 is 0 Å². The van der Waals surface area contributed by atoms with Gasteiger partial charge in [0.25, 0.3) is 0 Å². The number of rotatable bonds is 5. The maximum absolute atomic E-state index is 12.1. The molecule has 0 radical (unpaired) electrons. The first-order chi connectivity index (χ1) is 8.29. The van der Waals surface area contributed by atoms with E-state index in [2.05, 4.69) is 5.32 Å². The van der Waals surface area contributed by atoms with Crippen molar-refractivity contribution in [3.8, 4) is 0 Å². The van der Waals surface area contributed by atoms with Crippen molar-refractivity contribution in [2.75, 3.05) is 25.1 Å². The molecule has 1 saturated heterocycles. The van der Waals surface area contributed by atoms with Gasteiger partial charge in [0.1, 0.15) is 9.84 Å². The lowest BCUT2D eigenvalue weighted by molar-refractivity contribution is -0.134. The largest absolute Gasteiger partial charge is 0.341 e. The van der Waals surface area contributed by atoms with Gasteiger partial charge in [-0.15, -0.1) is 0 Å². The van der Waals surface area contributed by atoms with E-state index in [1.54, 1.807) is 13.8 Å². The van der Waals surface area contributed by atoms with Gasteiger partial charge in [0.2, 0.25) is 5.91 Å². The van der Waals surface area contributed by atoms with Crippen molar-refractivity contribution >= 4 is 15.7 Å². The minimum absolute atomic E-state index is 0.0601. The SMILES string of the molecule is CC(CS(C)(=O)=O)NC(C)C(=O)N1CCCCC1. The van der Waals surface area contributed by atoms with E-state index in [1.165, 1.54) is 12.7 Å². The Morgan fingerprint density at radius 1 is 1.22 bits per heavy atom. The third-order valence-corrected chi connectivity index (χ3v) is 4.23. The summed E-state index contributed by atoms with van der Waals surface area (Å²) in [5.41, 5.74) is 0. The molecule has 1 fully saturated rings. The molecule has 6 heteroatoms. The third-order valence-electron chi connectivity index (χ3n) is 3.13. The molecule has 0 bridgehead atoms. The molecule has 106 valence electrons. The smallest absolute Gasteiger partial charge is 0.239 e. The Morgan fingerprint density at radius 2 is 1.78 bits per heavy atom. The molecule has 0 aromatic heterocycles. The zero-order valence-electron chi connectivity index (χ0n) is 11.5. The van der Waals surface area contributed by atoms with Gasteiger partial charge in [0.15, 0.2) is 0 Å². The second-order valence-corrected chi connectivity index (χ2v) is 7.45. The van der Waals surface area contributed by atoms with Gasteiger partial charge in [-0.1, -0.05) is 0 Å². The molecule has 2 atom stereocenters. The minimum atomic E-state index is -3.01. The van der Waals surface area contributed by atoms with E-state index >= 15 is 0 Å². The quantitative estimate of drug-likeness (QED) is 0.790. The molecule has 0 aromatic carbocycles. The minimum Gasteiger partial charge on any atom is -0.341 e. The van der Waals surface area contributed by atoms with Crippen LogP contribution in [0.1, 0.15) is 33.1 Å². The molecule has 0 spiro atoms. The highest BCUT2D eigenvalue weighted by Crippen LogP contribution is 2.10. The molecule has 2 unspecified atom stereocenters. The summed E-state index contributed by atoms with van der Waals surface area (Å²) in [5, 5.41) is 3.06. The number of piperidine rings is 1. The van der Waals surface area contributed by atoms with Crippen LogP contribution in [0.15, 0.2) is 0 Å².